The maximum atomic E-state index is 14.2. The van der Waals surface area contributed by atoms with Crippen molar-refractivity contribution in [1.82, 2.24) is 10.3 Å². The standard InChI is InChI=1S/C29H29FN2O3/c1-17(2)23-10-20(12-27(35-4)29(23)34)11-24-18(3)25(26-13-21(30)7-8-22(24)26)14-28(33)32-16-19-6-5-9-31-15-19/h5-13,15,17,34H,14,16H2,1-4H3,(H,32,33)/b24-11-. The molecule has 1 aromatic heterocycles. The maximum absolute atomic E-state index is 14.2. The van der Waals surface area contributed by atoms with Gasteiger partial charge in [-0.05, 0) is 88.2 Å². The zero-order valence-corrected chi connectivity index (χ0v) is 20.4. The van der Waals surface area contributed by atoms with Crippen LogP contribution < -0.4 is 10.1 Å². The predicted octanol–water partition coefficient (Wildman–Crippen LogP) is 6.09. The molecule has 1 heterocycles. The highest BCUT2D eigenvalue weighted by Gasteiger charge is 2.26. The largest absolute Gasteiger partial charge is 0.504 e. The minimum Gasteiger partial charge on any atom is -0.504 e. The summed E-state index contributed by atoms with van der Waals surface area (Å²) in [6.45, 7) is 6.34. The number of aromatic hydroxyl groups is 1. The van der Waals surface area contributed by atoms with Crippen molar-refractivity contribution < 1.29 is 19.0 Å². The fourth-order valence-electron chi connectivity index (χ4n) is 4.41. The van der Waals surface area contributed by atoms with Gasteiger partial charge in [0.15, 0.2) is 11.5 Å². The molecule has 0 saturated carbocycles. The van der Waals surface area contributed by atoms with Crippen molar-refractivity contribution in [3.8, 4) is 11.5 Å². The molecule has 0 spiro atoms. The van der Waals surface area contributed by atoms with E-state index in [-0.39, 0.29) is 29.8 Å². The van der Waals surface area contributed by atoms with E-state index in [9.17, 15) is 14.3 Å². The number of carbonyl (C=O) groups is 1. The molecule has 0 bridgehead atoms. The van der Waals surface area contributed by atoms with E-state index >= 15 is 0 Å². The number of phenols is 1. The number of nitrogens with zero attached hydrogens (tertiary/aromatic N) is 1. The van der Waals surface area contributed by atoms with E-state index in [1.54, 1.807) is 24.5 Å². The molecule has 5 nitrogen and oxygen atoms in total. The second kappa shape index (κ2) is 10.1. The first kappa shape index (κ1) is 24.2. The Labute approximate surface area is 205 Å². The first-order valence-corrected chi connectivity index (χ1v) is 11.6. The quantitative estimate of drug-likeness (QED) is 0.436. The van der Waals surface area contributed by atoms with E-state index in [2.05, 4.69) is 10.3 Å². The summed E-state index contributed by atoms with van der Waals surface area (Å²) in [7, 11) is 1.52. The fraction of sp³-hybridized carbons (Fsp3) is 0.241. The third-order valence-electron chi connectivity index (χ3n) is 6.28. The minimum absolute atomic E-state index is 0.0999. The summed E-state index contributed by atoms with van der Waals surface area (Å²) in [5.41, 5.74) is 6.77. The van der Waals surface area contributed by atoms with Gasteiger partial charge >= 0.3 is 0 Å². The summed E-state index contributed by atoms with van der Waals surface area (Å²) in [5, 5.41) is 13.4. The first-order chi connectivity index (χ1) is 16.8. The maximum Gasteiger partial charge on any atom is 0.224 e. The number of pyridine rings is 1. The van der Waals surface area contributed by atoms with Crippen molar-refractivity contribution in [2.45, 2.75) is 39.7 Å². The summed E-state index contributed by atoms with van der Waals surface area (Å²) in [6.07, 6.45) is 5.53. The summed E-state index contributed by atoms with van der Waals surface area (Å²) in [6, 6.07) is 12.1. The highest BCUT2D eigenvalue weighted by molar-refractivity contribution is 6.08. The Hall–Kier alpha value is -3.93. The number of hydrogen-bond acceptors (Lipinski definition) is 4. The number of ether oxygens (including phenoxy) is 1. The van der Waals surface area contributed by atoms with Gasteiger partial charge in [0.1, 0.15) is 5.82 Å². The van der Waals surface area contributed by atoms with E-state index in [1.807, 2.05) is 45.0 Å². The molecule has 0 saturated heterocycles. The zero-order valence-electron chi connectivity index (χ0n) is 20.4. The lowest BCUT2D eigenvalue weighted by Crippen LogP contribution is -2.22. The van der Waals surface area contributed by atoms with Crippen LogP contribution in [-0.4, -0.2) is 23.1 Å². The summed E-state index contributed by atoms with van der Waals surface area (Å²) in [4.78, 5) is 16.9. The number of aromatic nitrogens is 1. The number of hydrogen-bond donors (Lipinski definition) is 2. The second-order valence-corrected chi connectivity index (χ2v) is 8.98. The van der Waals surface area contributed by atoms with Crippen LogP contribution in [0.4, 0.5) is 4.39 Å². The smallest absolute Gasteiger partial charge is 0.224 e. The predicted molar refractivity (Wildman–Crippen MR) is 136 cm³/mol. The molecule has 2 aromatic carbocycles. The van der Waals surface area contributed by atoms with Gasteiger partial charge in [-0.3, -0.25) is 9.78 Å². The third-order valence-corrected chi connectivity index (χ3v) is 6.28. The fourth-order valence-corrected chi connectivity index (χ4v) is 4.41. The SMILES string of the molecule is COc1cc(/C=C2/C(C)=C(CC(=O)NCc3cccnc3)c3cc(F)ccc32)cc(C(C)C)c1O. The third kappa shape index (κ3) is 5.11. The Kier molecular flexibility index (Phi) is 7.01. The Balaban J connectivity index is 1.70. The molecule has 1 aliphatic carbocycles. The summed E-state index contributed by atoms with van der Waals surface area (Å²) in [5.74, 6) is 0.143. The molecule has 0 radical (unpaired) electrons. The van der Waals surface area contributed by atoms with Crippen LogP contribution in [0.5, 0.6) is 11.5 Å². The molecule has 6 heteroatoms. The molecule has 3 aromatic rings. The van der Waals surface area contributed by atoms with Gasteiger partial charge in [-0.2, -0.15) is 0 Å². The number of rotatable bonds is 7. The molecule has 0 aliphatic heterocycles. The van der Waals surface area contributed by atoms with E-state index in [4.69, 9.17) is 4.74 Å². The number of nitrogens with one attached hydrogen (secondary N) is 1. The molecule has 0 unspecified atom stereocenters. The average Bonchev–Trinajstić information content (AvgIpc) is 3.09. The van der Waals surface area contributed by atoms with Crippen molar-refractivity contribution in [2.75, 3.05) is 7.11 Å². The molecule has 180 valence electrons. The van der Waals surface area contributed by atoms with Crippen LogP contribution in [0, 0.1) is 5.82 Å². The lowest BCUT2D eigenvalue weighted by Gasteiger charge is -2.14. The Morgan fingerprint density at radius 2 is 2.00 bits per heavy atom. The Bertz CT molecular complexity index is 1330. The van der Waals surface area contributed by atoms with Crippen LogP contribution in [0.2, 0.25) is 0 Å². The van der Waals surface area contributed by atoms with E-state index in [1.165, 1.54) is 19.2 Å². The summed E-state index contributed by atoms with van der Waals surface area (Å²) >= 11 is 0. The highest BCUT2D eigenvalue weighted by atomic mass is 19.1. The Morgan fingerprint density at radius 3 is 2.69 bits per heavy atom. The highest BCUT2D eigenvalue weighted by Crippen LogP contribution is 2.45. The molecule has 1 aliphatic rings. The van der Waals surface area contributed by atoms with Gasteiger partial charge in [0.25, 0.3) is 0 Å². The lowest BCUT2D eigenvalue weighted by molar-refractivity contribution is -0.120. The number of methoxy groups -OCH3 is 1. The van der Waals surface area contributed by atoms with E-state index in [0.29, 0.717) is 12.3 Å². The molecule has 0 fully saturated rings. The van der Waals surface area contributed by atoms with Gasteiger partial charge in [-0.25, -0.2) is 4.39 Å². The Morgan fingerprint density at radius 1 is 1.20 bits per heavy atom. The van der Waals surface area contributed by atoms with Crippen molar-refractivity contribution in [3.05, 3.63) is 94.1 Å². The normalized spacial score (nSPS) is 13.9. The molecule has 4 rings (SSSR count). The van der Waals surface area contributed by atoms with Crippen LogP contribution in [-0.2, 0) is 11.3 Å². The molecular weight excluding hydrogens is 443 g/mol. The van der Waals surface area contributed by atoms with Crippen molar-refractivity contribution >= 4 is 23.1 Å². The van der Waals surface area contributed by atoms with Crippen LogP contribution in [0.3, 0.4) is 0 Å². The second-order valence-electron chi connectivity index (χ2n) is 8.98. The summed E-state index contributed by atoms with van der Waals surface area (Å²) < 4.78 is 19.6. The molecule has 35 heavy (non-hydrogen) atoms. The lowest BCUT2D eigenvalue weighted by atomic mass is 9.96. The van der Waals surface area contributed by atoms with Gasteiger partial charge in [-0.1, -0.05) is 26.0 Å². The van der Waals surface area contributed by atoms with Crippen molar-refractivity contribution in [2.24, 2.45) is 0 Å². The first-order valence-electron chi connectivity index (χ1n) is 11.6. The number of allylic oxidation sites excluding steroid dienone is 2. The number of halogens is 1. The number of carbonyl (C=O) groups excluding carboxylic acids is 1. The molecule has 1 amide bonds. The molecular formula is C29H29FN2O3. The van der Waals surface area contributed by atoms with Crippen LogP contribution in [0.15, 0.2) is 60.4 Å². The van der Waals surface area contributed by atoms with E-state index in [0.717, 1.165) is 44.5 Å². The molecule has 2 N–H and O–H groups in total. The topological polar surface area (TPSA) is 71.5 Å². The van der Waals surface area contributed by atoms with Crippen molar-refractivity contribution in [1.29, 1.82) is 0 Å². The zero-order chi connectivity index (χ0) is 25.1. The van der Waals surface area contributed by atoms with Crippen LogP contribution >= 0.6 is 0 Å². The number of benzene rings is 2. The average molecular weight is 473 g/mol. The van der Waals surface area contributed by atoms with Crippen molar-refractivity contribution in [3.63, 3.8) is 0 Å². The number of phenolic OH excluding ortho intramolecular Hbond substituents is 1. The van der Waals surface area contributed by atoms with Gasteiger partial charge in [0.2, 0.25) is 5.91 Å². The molecule has 0 atom stereocenters. The monoisotopic (exact) mass is 472 g/mol. The van der Waals surface area contributed by atoms with Crippen LogP contribution in [0.25, 0.3) is 17.2 Å². The van der Waals surface area contributed by atoms with E-state index < -0.39 is 0 Å². The van der Waals surface area contributed by atoms with Gasteiger partial charge in [-0.15, -0.1) is 0 Å². The number of amides is 1. The van der Waals surface area contributed by atoms with Gasteiger partial charge in [0.05, 0.1) is 13.5 Å². The van der Waals surface area contributed by atoms with Crippen LogP contribution in [0.1, 0.15) is 60.9 Å². The number of fused-ring (bicyclic) bond motifs is 1. The minimum atomic E-state index is -0.348. The van der Waals surface area contributed by atoms with Gasteiger partial charge in [0, 0.05) is 24.5 Å². The van der Waals surface area contributed by atoms with Gasteiger partial charge < -0.3 is 15.2 Å².